The number of rotatable bonds is 7. The third kappa shape index (κ3) is 11.6. The monoisotopic (exact) mass is 211 g/mol. The molecule has 0 aliphatic heterocycles. The summed E-state index contributed by atoms with van der Waals surface area (Å²) in [6, 6.07) is 0. The van der Waals surface area contributed by atoms with Gasteiger partial charge >= 0.3 is 13.6 Å². The lowest BCUT2D eigenvalue weighted by molar-refractivity contribution is -0.135. The molecule has 0 aliphatic rings. The molecule has 6 nitrogen and oxygen atoms in total. The summed E-state index contributed by atoms with van der Waals surface area (Å²) in [5.74, 6) is -0.935. The van der Waals surface area contributed by atoms with Gasteiger partial charge in [-0.25, -0.2) is 0 Å². The lowest BCUT2D eigenvalue weighted by atomic mass is 10.3. The summed E-state index contributed by atoms with van der Waals surface area (Å²) in [5, 5.41) is 10.8. The summed E-state index contributed by atoms with van der Waals surface area (Å²) in [5.41, 5.74) is 0. The Labute approximate surface area is 76.1 Å². The third-order valence-electron chi connectivity index (χ3n) is 1.33. The molecule has 0 saturated heterocycles. The molecule has 0 bridgehead atoms. The largest absolute Gasteiger partial charge is 0.480 e. The van der Waals surface area contributed by atoms with E-state index in [9.17, 15) is 9.36 Å². The van der Waals surface area contributed by atoms with Crippen LogP contribution in [0.5, 0.6) is 0 Å². The Hall–Kier alpha value is -0.420. The van der Waals surface area contributed by atoms with Crippen molar-refractivity contribution >= 4 is 13.6 Å². The minimum atomic E-state index is -3.88. The van der Waals surface area contributed by atoms with E-state index >= 15 is 0 Å². The van der Waals surface area contributed by atoms with Gasteiger partial charge in [0.15, 0.2) is 0 Å². The van der Waals surface area contributed by atoms with Gasteiger partial charge in [-0.05, 0) is 19.4 Å². The molecule has 0 amide bonds. The van der Waals surface area contributed by atoms with E-state index in [1.54, 1.807) is 0 Å². The minimum Gasteiger partial charge on any atom is -0.480 e. The van der Waals surface area contributed by atoms with Crippen LogP contribution in [-0.2, 0) is 9.36 Å². The average Bonchev–Trinajstić information content (AvgIpc) is 1.93. The molecule has 7 heteroatoms. The zero-order valence-corrected chi connectivity index (χ0v) is 8.04. The molecule has 0 saturated carbocycles. The van der Waals surface area contributed by atoms with Crippen molar-refractivity contribution in [3.05, 3.63) is 0 Å². The van der Waals surface area contributed by atoms with E-state index in [1.165, 1.54) is 0 Å². The van der Waals surface area contributed by atoms with Crippen LogP contribution in [0.25, 0.3) is 0 Å². The first-order valence-electron chi connectivity index (χ1n) is 3.89. The van der Waals surface area contributed by atoms with Gasteiger partial charge in [-0.3, -0.25) is 9.36 Å². The highest BCUT2D eigenvalue weighted by atomic mass is 31.2. The highest BCUT2D eigenvalue weighted by Gasteiger charge is 2.10. The fourth-order valence-corrected chi connectivity index (χ4v) is 1.40. The molecule has 0 atom stereocenters. The maximum atomic E-state index is 10.4. The zero-order valence-electron chi connectivity index (χ0n) is 7.14. The minimum absolute atomic E-state index is 0.115. The Kier molecular flexibility index (Phi) is 5.90. The SMILES string of the molecule is O=C(O)CNCCCCP(=O)(O)O. The van der Waals surface area contributed by atoms with Gasteiger partial charge < -0.3 is 20.2 Å². The number of carbonyl (C=O) groups is 1. The van der Waals surface area contributed by atoms with Crippen molar-refractivity contribution in [3.8, 4) is 0 Å². The van der Waals surface area contributed by atoms with Crippen molar-refractivity contribution in [2.75, 3.05) is 19.3 Å². The Balaban J connectivity index is 3.18. The molecule has 0 heterocycles. The Morgan fingerprint density at radius 1 is 1.31 bits per heavy atom. The Morgan fingerprint density at radius 2 is 1.92 bits per heavy atom. The highest BCUT2D eigenvalue weighted by Crippen LogP contribution is 2.35. The molecular formula is C6H14NO5P. The first-order valence-corrected chi connectivity index (χ1v) is 5.68. The molecule has 0 fully saturated rings. The molecular weight excluding hydrogens is 197 g/mol. The molecule has 0 aliphatic carbocycles. The summed E-state index contributed by atoms with van der Waals surface area (Å²) in [6.45, 7) is 0.349. The van der Waals surface area contributed by atoms with Crippen molar-refractivity contribution in [2.45, 2.75) is 12.8 Å². The molecule has 0 aromatic rings. The van der Waals surface area contributed by atoms with E-state index in [4.69, 9.17) is 14.9 Å². The zero-order chi connectivity index (χ0) is 10.3. The van der Waals surface area contributed by atoms with Crippen LogP contribution in [0.1, 0.15) is 12.8 Å². The van der Waals surface area contributed by atoms with Crippen LogP contribution >= 0.6 is 7.60 Å². The first kappa shape index (κ1) is 12.6. The van der Waals surface area contributed by atoms with Crippen LogP contribution in [0, 0.1) is 0 Å². The lowest BCUT2D eigenvalue weighted by Crippen LogP contribution is -2.23. The van der Waals surface area contributed by atoms with E-state index in [0.717, 1.165) is 0 Å². The highest BCUT2D eigenvalue weighted by molar-refractivity contribution is 7.51. The molecule has 4 N–H and O–H groups in total. The van der Waals surface area contributed by atoms with Crippen LogP contribution in [0.15, 0.2) is 0 Å². The van der Waals surface area contributed by atoms with Gasteiger partial charge in [0.1, 0.15) is 0 Å². The molecule has 0 rings (SSSR count). The molecule has 78 valence electrons. The Bertz CT molecular complexity index is 201. The van der Waals surface area contributed by atoms with Gasteiger partial charge in [-0.15, -0.1) is 0 Å². The Morgan fingerprint density at radius 3 is 2.38 bits per heavy atom. The van der Waals surface area contributed by atoms with E-state index in [-0.39, 0.29) is 12.7 Å². The molecule has 0 radical (unpaired) electrons. The van der Waals surface area contributed by atoms with Gasteiger partial charge in [0.25, 0.3) is 0 Å². The molecule has 0 aromatic heterocycles. The van der Waals surface area contributed by atoms with Gasteiger partial charge in [-0.2, -0.15) is 0 Å². The van der Waals surface area contributed by atoms with Crippen LogP contribution in [0.2, 0.25) is 0 Å². The average molecular weight is 211 g/mol. The molecule has 0 spiro atoms. The van der Waals surface area contributed by atoms with Crippen LogP contribution in [-0.4, -0.2) is 40.1 Å². The maximum absolute atomic E-state index is 10.4. The summed E-state index contributed by atoms with van der Waals surface area (Å²) in [7, 11) is -3.88. The van der Waals surface area contributed by atoms with Crippen LogP contribution in [0.3, 0.4) is 0 Å². The number of unbranched alkanes of at least 4 members (excludes halogenated alkanes) is 1. The standard InChI is InChI=1S/C6H14NO5P/c8-6(9)5-7-3-1-2-4-13(10,11)12/h7H,1-5H2,(H,8,9)(H2,10,11,12). The van der Waals surface area contributed by atoms with Gasteiger partial charge in [0.2, 0.25) is 0 Å². The van der Waals surface area contributed by atoms with E-state index in [1.807, 2.05) is 0 Å². The van der Waals surface area contributed by atoms with Crippen molar-refractivity contribution in [1.82, 2.24) is 5.32 Å². The molecule has 0 unspecified atom stereocenters. The predicted molar refractivity (Wildman–Crippen MR) is 46.7 cm³/mol. The summed E-state index contributed by atoms with van der Waals surface area (Å²) in [4.78, 5) is 26.9. The number of nitrogens with one attached hydrogen (secondary N) is 1. The number of carboxylic acid groups (broad SMARTS) is 1. The second kappa shape index (κ2) is 6.10. The van der Waals surface area contributed by atoms with Crippen molar-refractivity contribution < 1.29 is 24.3 Å². The van der Waals surface area contributed by atoms with Crippen LogP contribution in [0.4, 0.5) is 0 Å². The summed E-state index contributed by atoms with van der Waals surface area (Å²) >= 11 is 0. The quantitative estimate of drug-likeness (QED) is 0.338. The number of carboxylic acids is 1. The van der Waals surface area contributed by atoms with E-state index < -0.39 is 13.6 Å². The third-order valence-corrected chi connectivity index (χ3v) is 2.23. The normalized spacial score (nSPS) is 11.5. The van der Waals surface area contributed by atoms with E-state index in [2.05, 4.69) is 5.32 Å². The predicted octanol–water partition coefficient (Wildman–Crippen LogP) is -0.381. The molecule has 13 heavy (non-hydrogen) atoms. The maximum Gasteiger partial charge on any atom is 0.325 e. The summed E-state index contributed by atoms with van der Waals surface area (Å²) < 4.78 is 10.4. The van der Waals surface area contributed by atoms with Crippen molar-refractivity contribution in [2.24, 2.45) is 0 Å². The molecule has 0 aromatic carbocycles. The first-order chi connectivity index (χ1) is 5.92. The fourth-order valence-electron chi connectivity index (χ4n) is 0.763. The topological polar surface area (TPSA) is 107 Å². The van der Waals surface area contributed by atoms with Gasteiger partial charge in [0, 0.05) is 6.16 Å². The number of aliphatic carboxylic acids is 1. The number of hydrogen-bond acceptors (Lipinski definition) is 3. The van der Waals surface area contributed by atoms with Crippen LogP contribution < -0.4 is 5.32 Å². The van der Waals surface area contributed by atoms with Crippen molar-refractivity contribution in [3.63, 3.8) is 0 Å². The fraction of sp³-hybridized carbons (Fsp3) is 0.833. The smallest absolute Gasteiger partial charge is 0.325 e. The summed E-state index contributed by atoms with van der Waals surface area (Å²) in [6.07, 6.45) is 0.830. The van der Waals surface area contributed by atoms with E-state index in [0.29, 0.717) is 19.4 Å². The van der Waals surface area contributed by atoms with Gasteiger partial charge in [0.05, 0.1) is 6.54 Å². The number of hydrogen-bond donors (Lipinski definition) is 4. The van der Waals surface area contributed by atoms with Crippen molar-refractivity contribution in [1.29, 1.82) is 0 Å². The second-order valence-electron chi connectivity index (χ2n) is 2.67. The van der Waals surface area contributed by atoms with Gasteiger partial charge in [-0.1, -0.05) is 0 Å². The lowest BCUT2D eigenvalue weighted by Gasteiger charge is -2.03. The second-order valence-corrected chi connectivity index (χ2v) is 4.44.